The second kappa shape index (κ2) is 12.8. The largest absolute Gasteiger partial charge is 0.376 e. The van der Waals surface area contributed by atoms with E-state index in [0.717, 1.165) is 68.7 Å². The van der Waals surface area contributed by atoms with Crippen LogP contribution in [0.4, 0.5) is 21.9 Å². The molecular formula is C32H38N4O3. The van der Waals surface area contributed by atoms with E-state index in [4.69, 9.17) is 4.74 Å². The molecule has 1 atom stereocenters. The van der Waals surface area contributed by atoms with Gasteiger partial charge in [0.25, 0.3) is 5.91 Å². The highest BCUT2D eigenvalue weighted by molar-refractivity contribution is 6.04. The van der Waals surface area contributed by atoms with Crippen LogP contribution in [0.5, 0.6) is 0 Å². The fourth-order valence-corrected chi connectivity index (χ4v) is 5.50. The molecule has 7 nitrogen and oxygen atoms in total. The van der Waals surface area contributed by atoms with Gasteiger partial charge < -0.3 is 25.6 Å². The quantitative estimate of drug-likeness (QED) is 0.336. The molecule has 0 aromatic heterocycles. The molecule has 0 bridgehead atoms. The van der Waals surface area contributed by atoms with E-state index in [0.29, 0.717) is 23.7 Å². The molecule has 2 fully saturated rings. The van der Waals surface area contributed by atoms with Crippen molar-refractivity contribution in [1.82, 2.24) is 5.32 Å². The number of piperidine rings is 1. The zero-order valence-electron chi connectivity index (χ0n) is 22.6. The summed E-state index contributed by atoms with van der Waals surface area (Å²) in [4.78, 5) is 28.5. The van der Waals surface area contributed by atoms with Gasteiger partial charge in [-0.2, -0.15) is 0 Å². The van der Waals surface area contributed by atoms with Gasteiger partial charge in [-0.25, -0.2) is 4.79 Å². The summed E-state index contributed by atoms with van der Waals surface area (Å²) in [5, 5.41) is 8.87. The number of aryl methyl sites for hydroxylation is 1. The summed E-state index contributed by atoms with van der Waals surface area (Å²) < 4.78 is 5.70. The molecule has 0 spiro atoms. The van der Waals surface area contributed by atoms with Gasteiger partial charge in [-0.3, -0.25) is 4.79 Å². The normalized spacial score (nSPS) is 17.6. The predicted molar refractivity (Wildman–Crippen MR) is 157 cm³/mol. The van der Waals surface area contributed by atoms with Gasteiger partial charge in [0.2, 0.25) is 0 Å². The Bertz CT molecular complexity index is 1270. The van der Waals surface area contributed by atoms with Crippen molar-refractivity contribution in [1.29, 1.82) is 0 Å². The molecular weight excluding hydrogens is 488 g/mol. The third kappa shape index (κ3) is 7.18. The maximum Gasteiger partial charge on any atom is 0.323 e. The molecule has 204 valence electrons. The average Bonchev–Trinajstić information content (AvgIpc) is 3.48. The average molecular weight is 527 g/mol. The van der Waals surface area contributed by atoms with Crippen LogP contribution in [0.15, 0.2) is 72.8 Å². The van der Waals surface area contributed by atoms with Crippen LogP contribution < -0.4 is 20.9 Å². The number of nitrogens with zero attached hydrogens (tertiary/aromatic N) is 1. The number of amides is 3. The molecule has 0 saturated carbocycles. The van der Waals surface area contributed by atoms with Gasteiger partial charge in [0.05, 0.1) is 11.7 Å². The van der Waals surface area contributed by atoms with E-state index in [2.05, 4.69) is 51.2 Å². The Labute approximate surface area is 230 Å². The molecule has 2 aliphatic heterocycles. The lowest BCUT2D eigenvalue weighted by Crippen LogP contribution is -2.37. The lowest BCUT2D eigenvalue weighted by Gasteiger charge is -2.35. The van der Waals surface area contributed by atoms with Crippen LogP contribution in [0, 0.1) is 12.8 Å². The van der Waals surface area contributed by atoms with Crippen molar-refractivity contribution < 1.29 is 14.3 Å². The number of para-hydroxylation sites is 1. The van der Waals surface area contributed by atoms with Gasteiger partial charge in [-0.05, 0) is 80.3 Å². The fourth-order valence-electron chi connectivity index (χ4n) is 5.50. The van der Waals surface area contributed by atoms with Gasteiger partial charge in [0.15, 0.2) is 0 Å². The molecule has 7 heteroatoms. The van der Waals surface area contributed by atoms with Crippen LogP contribution in [-0.2, 0) is 11.2 Å². The zero-order valence-corrected chi connectivity index (χ0v) is 22.6. The van der Waals surface area contributed by atoms with Crippen molar-refractivity contribution in [2.75, 3.05) is 41.8 Å². The topological polar surface area (TPSA) is 82.7 Å². The second-order valence-corrected chi connectivity index (χ2v) is 10.6. The number of anilines is 3. The Morgan fingerprint density at radius 1 is 0.923 bits per heavy atom. The van der Waals surface area contributed by atoms with Gasteiger partial charge in [0, 0.05) is 43.3 Å². The second-order valence-electron chi connectivity index (χ2n) is 10.6. The number of ether oxygens (including phenoxy) is 1. The van der Waals surface area contributed by atoms with Crippen LogP contribution in [0.2, 0.25) is 0 Å². The molecule has 0 radical (unpaired) electrons. The van der Waals surface area contributed by atoms with Gasteiger partial charge >= 0.3 is 6.03 Å². The molecule has 39 heavy (non-hydrogen) atoms. The molecule has 0 aliphatic carbocycles. The third-order valence-corrected chi connectivity index (χ3v) is 7.73. The SMILES string of the molecule is Cc1ccccc1NC(=O)Nc1ccc(N2CCC(Cc3ccccc3)CC2)c(C(=O)NC[C@@H]2CCCO2)c1. The van der Waals surface area contributed by atoms with Crippen LogP contribution in [0.1, 0.15) is 47.2 Å². The van der Waals surface area contributed by atoms with Crippen LogP contribution >= 0.6 is 0 Å². The maximum atomic E-state index is 13.4. The molecule has 3 aromatic carbocycles. The van der Waals surface area contributed by atoms with Crippen molar-refractivity contribution in [2.45, 2.75) is 45.1 Å². The van der Waals surface area contributed by atoms with Crippen molar-refractivity contribution in [3.8, 4) is 0 Å². The summed E-state index contributed by atoms with van der Waals surface area (Å²) in [7, 11) is 0. The molecule has 2 heterocycles. The van der Waals surface area contributed by atoms with Crippen molar-refractivity contribution in [2.24, 2.45) is 5.92 Å². The number of hydrogen-bond donors (Lipinski definition) is 3. The molecule has 3 amide bonds. The number of rotatable bonds is 8. The van der Waals surface area contributed by atoms with Crippen LogP contribution in [0.3, 0.4) is 0 Å². The lowest BCUT2D eigenvalue weighted by atomic mass is 9.89. The Morgan fingerprint density at radius 2 is 1.69 bits per heavy atom. The molecule has 2 saturated heterocycles. The van der Waals surface area contributed by atoms with E-state index in [-0.39, 0.29) is 18.0 Å². The lowest BCUT2D eigenvalue weighted by molar-refractivity contribution is 0.0858. The zero-order chi connectivity index (χ0) is 27.0. The first-order chi connectivity index (χ1) is 19.0. The monoisotopic (exact) mass is 526 g/mol. The molecule has 3 aromatic rings. The van der Waals surface area contributed by atoms with E-state index >= 15 is 0 Å². The van der Waals surface area contributed by atoms with Crippen molar-refractivity contribution in [3.63, 3.8) is 0 Å². The highest BCUT2D eigenvalue weighted by Crippen LogP contribution is 2.30. The summed E-state index contributed by atoms with van der Waals surface area (Å²) in [6.07, 6.45) is 5.28. The number of hydrogen-bond acceptors (Lipinski definition) is 4. The third-order valence-electron chi connectivity index (χ3n) is 7.73. The van der Waals surface area contributed by atoms with Crippen molar-refractivity contribution in [3.05, 3.63) is 89.5 Å². The summed E-state index contributed by atoms with van der Waals surface area (Å²) in [5.74, 6) is 0.487. The van der Waals surface area contributed by atoms with Gasteiger partial charge in [0.1, 0.15) is 0 Å². The van der Waals surface area contributed by atoms with E-state index in [1.807, 2.05) is 43.3 Å². The number of benzene rings is 3. The highest BCUT2D eigenvalue weighted by atomic mass is 16.5. The standard InChI is InChI=1S/C32H38N4O3/c1-23-8-5-6-12-29(23)35-32(38)34-26-13-14-30(28(21-26)31(37)33-22-27-11-7-19-39-27)36-17-15-25(16-18-36)20-24-9-3-2-4-10-24/h2-6,8-10,12-14,21,25,27H,7,11,15-20,22H2,1H3,(H,33,37)(H2,34,35,38)/t27-/m0/s1. The van der Waals surface area contributed by atoms with Crippen LogP contribution in [0.25, 0.3) is 0 Å². The van der Waals surface area contributed by atoms with Gasteiger partial charge in [-0.15, -0.1) is 0 Å². The molecule has 0 unspecified atom stereocenters. The van der Waals surface area contributed by atoms with E-state index < -0.39 is 0 Å². The Balaban J connectivity index is 1.28. The smallest absolute Gasteiger partial charge is 0.323 e. The van der Waals surface area contributed by atoms with E-state index in [9.17, 15) is 9.59 Å². The van der Waals surface area contributed by atoms with Crippen molar-refractivity contribution >= 4 is 29.0 Å². The highest BCUT2D eigenvalue weighted by Gasteiger charge is 2.25. The minimum Gasteiger partial charge on any atom is -0.376 e. The molecule has 2 aliphatic rings. The predicted octanol–water partition coefficient (Wildman–Crippen LogP) is 6.01. The summed E-state index contributed by atoms with van der Waals surface area (Å²) in [6.45, 7) is 4.97. The van der Waals surface area contributed by atoms with E-state index in [1.54, 1.807) is 6.07 Å². The Hall–Kier alpha value is -3.84. The first-order valence-corrected chi connectivity index (χ1v) is 14.0. The maximum absolute atomic E-state index is 13.4. The number of carbonyl (C=O) groups excluding carboxylic acids is 2. The van der Waals surface area contributed by atoms with Gasteiger partial charge in [-0.1, -0.05) is 48.5 Å². The Kier molecular flexibility index (Phi) is 8.78. The number of nitrogens with one attached hydrogen (secondary N) is 3. The Morgan fingerprint density at radius 3 is 2.44 bits per heavy atom. The summed E-state index contributed by atoms with van der Waals surface area (Å²) >= 11 is 0. The summed E-state index contributed by atoms with van der Waals surface area (Å²) in [5.41, 5.74) is 5.16. The van der Waals surface area contributed by atoms with Crippen LogP contribution in [-0.4, -0.2) is 44.3 Å². The molecule has 3 N–H and O–H groups in total. The van der Waals surface area contributed by atoms with E-state index in [1.165, 1.54) is 5.56 Å². The first-order valence-electron chi connectivity index (χ1n) is 14.0. The minimum absolute atomic E-state index is 0.0623. The summed E-state index contributed by atoms with van der Waals surface area (Å²) in [6, 6.07) is 23.6. The minimum atomic E-state index is -0.343. The molecule has 5 rings (SSSR count). The first kappa shape index (κ1) is 26.8. The number of carbonyl (C=O) groups is 2. The number of urea groups is 1. The fraction of sp³-hybridized carbons (Fsp3) is 0.375.